The zero-order valence-electron chi connectivity index (χ0n) is 13.2. The molecule has 3 aromatic rings. The maximum atomic E-state index is 10.9. The Morgan fingerprint density at radius 3 is 2.87 bits per heavy atom. The minimum Gasteiger partial charge on any atom is -0.480 e. The van der Waals surface area contributed by atoms with Gasteiger partial charge >= 0.3 is 5.97 Å². The van der Waals surface area contributed by atoms with Gasteiger partial charge in [0.05, 0.1) is 11.0 Å². The molecule has 23 heavy (non-hydrogen) atoms. The van der Waals surface area contributed by atoms with Crippen molar-refractivity contribution in [3.05, 3.63) is 41.7 Å². The summed E-state index contributed by atoms with van der Waals surface area (Å²) in [5, 5.41) is 11.2. The summed E-state index contributed by atoms with van der Waals surface area (Å²) >= 11 is 0. The van der Waals surface area contributed by atoms with Gasteiger partial charge in [-0.05, 0) is 41.3 Å². The molecular formula is C18H21N3O2. The third kappa shape index (κ3) is 3.35. The minimum absolute atomic E-state index is 0.197. The third-order valence-electron chi connectivity index (χ3n) is 4.10. The molecule has 0 unspecified atom stereocenters. The zero-order valence-corrected chi connectivity index (χ0v) is 13.2. The van der Waals surface area contributed by atoms with Crippen LogP contribution in [0, 0.1) is 0 Å². The van der Waals surface area contributed by atoms with Crippen molar-refractivity contribution in [1.82, 2.24) is 9.97 Å². The number of carbonyl (C=O) groups is 1. The van der Waals surface area contributed by atoms with Gasteiger partial charge in [-0.15, -0.1) is 0 Å². The van der Waals surface area contributed by atoms with Crippen molar-refractivity contribution in [3.63, 3.8) is 0 Å². The number of nitrogens with two attached hydrogens (primary N) is 1. The molecule has 0 aliphatic heterocycles. The summed E-state index contributed by atoms with van der Waals surface area (Å²) < 4.78 is 0. The first-order valence-corrected chi connectivity index (χ1v) is 7.96. The van der Waals surface area contributed by atoms with E-state index in [1.54, 1.807) is 0 Å². The van der Waals surface area contributed by atoms with Crippen LogP contribution in [0.3, 0.4) is 0 Å². The third-order valence-corrected chi connectivity index (χ3v) is 4.10. The Labute approximate surface area is 134 Å². The van der Waals surface area contributed by atoms with Gasteiger partial charge in [-0.1, -0.05) is 31.5 Å². The lowest BCUT2D eigenvalue weighted by atomic mass is 10.0. The first-order chi connectivity index (χ1) is 11.1. The zero-order chi connectivity index (χ0) is 16.4. The molecule has 0 spiro atoms. The second-order valence-electron chi connectivity index (χ2n) is 5.99. The largest absolute Gasteiger partial charge is 0.480 e. The van der Waals surface area contributed by atoms with Crippen molar-refractivity contribution in [2.24, 2.45) is 5.73 Å². The number of unbranched alkanes of at least 4 members (excludes halogenated alkanes) is 1. The van der Waals surface area contributed by atoms with E-state index in [-0.39, 0.29) is 6.42 Å². The molecule has 0 aliphatic rings. The molecule has 0 fully saturated rings. The summed E-state index contributed by atoms with van der Waals surface area (Å²) in [7, 11) is 0. The predicted octanol–water partition coefficient (Wildman–Crippen LogP) is 3.01. The molecule has 1 atom stereocenters. The number of H-pyrrole nitrogens is 1. The second kappa shape index (κ2) is 6.38. The highest BCUT2D eigenvalue weighted by molar-refractivity contribution is 5.95. The van der Waals surface area contributed by atoms with Gasteiger partial charge in [-0.25, -0.2) is 4.98 Å². The minimum atomic E-state index is -1.02. The van der Waals surface area contributed by atoms with Gasteiger partial charge in [0.15, 0.2) is 0 Å². The molecule has 0 amide bonds. The van der Waals surface area contributed by atoms with Gasteiger partial charge in [-0.3, -0.25) is 4.79 Å². The van der Waals surface area contributed by atoms with Gasteiger partial charge in [0.2, 0.25) is 0 Å². The van der Waals surface area contributed by atoms with Crippen molar-refractivity contribution >= 4 is 27.8 Å². The maximum absolute atomic E-state index is 10.9. The maximum Gasteiger partial charge on any atom is 0.320 e. The number of imidazole rings is 1. The lowest BCUT2D eigenvalue weighted by Gasteiger charge is -2.03. The molecule has 2 aromatic carbocycles. The van der Waals surface area contributed by atoms with Gasteiger partial charge in [0.25, 0.3) is 0 Å². The van der Waals surface area contributed by atoms with Gasteiger partial charge in [0, 0.05) is 6.42 Å². The number of fused-ring (bicyclic) bond motifs is 2. The Balaban J connectivity index is 1.95. The number of benzene rings is 2. The Morgan fingerprint density at radius 2 is 2.13 bits per heavy atom. The fraction of sp³-hybridized carbons (Fsp3) is 0.333. The Bertz CT molecular complexity index is 854. The molecule has 120 valence electrons. The average Bonchev–Trinajstić information content (AvgIpc) is 2.91. The van der Waals surface area contributed by atoms with E-state index in [2.05, 4.69) is 41.2 Å². The van der Waals surface area contributed by atoms with E-state index < -0.39 is 12.0 Å². The SMILES string of the molecule is CCCCc1ccc2cc3nc(C[C@H](N)C(=O)O)[nH]c3cc2c1. The molecule has 0 bridgehead atoms. The fourth-order valence-corrected chi connectivity index (χ4v) is 2.79. The highest BCUT2D eigenvalue weighted by Gasteiger charge is 2.15. The summed E-state index contributed by atoms with van der Waals surface area (Å²) in [6.45, 7) is 2.19. The van der Waals surface area contributed by atoms with Crippen LogP contribution in [0.5, 0.6) is 0 Å². The van der Waals surface area contributed by atoms with Crippen molar-refractivity contribution in [1.29, 1.82) is 0 Å². The number of aryl methyl sites for hydroxylation is 1. The van der Waals surface area contributed by atoms with E-state index in [0.717, 1.165) is 22.8 Å². The molecular weight excluding hydrogens is 290 g/mol. The summed E-state index contributed by atoms with van der Waals surface area (Å²) in [6.07, 6.45) is 3.66. The first kappa shape index (κ1) is 15.5. The topological polar surface area (TPSA) is 92.0 Å². The normalized spacial score (nSPS) is 12.8. The smallest absolute Gasteiger partial charge is 0.320 e. The highest BCUT2D eigenvalue weighted by atomic mass is 16.4. The highest BCUT2D eigenvalue weighted by Crippen LogP contribution is 2.23. The monoisotopic (exact) mass is 311 g/mol. The number of hydrogen-bond acceptors (Lipinski definition) is 3. The summed E-state index contributed by atoms with van der Waals surface area (Å²) in [6, 6.07) is 9.66. The fourth-order valence-electron chi connectivity index (χ4n) is 2.79. The van der Waals surface area contributed by atoms with Crippen LogP contribution in [0.4, 0.5) is 0 Å². The lowest BCUT2D eigenvalue weighted by Crippen LogP contribution is -2.32. The molecule has 3 rings (SSSR count). The number of rotatable bonds is 6. The van der Waals surface area contributed by atoms with Crippen LogP contribution in [-0.2, 0) is 17.6 Å². The number of nitrogens with zero attached hydrogens (tertiary/aromatic N) is 1. The Hall–Kier alpha value is -2.40. The summed E-state index contributed by atoms with van der Waals surface area (Å²) in [5.74, 6) is -0.410. The van der Waals surface area contributed by atoms with Crippen LogP contribution in [0.1, 0.15) is 31.2 Å². The standard InChI is InChI=1S/C18H21N3O2/c1-2-3-4-11-5-6-12-8-15-16(9-13(12)7-11)21-17(20-15)10-14(19)18(22)23/h5-9,14H,2-4,10,19H2,1H3,(H,20,21)(H,22,23)/t14-/m0/s1. The molecule has 4 N–H and O–H groups in total. The number of aromatic amines is 1. The second-order valence-corrected chi connectivity index (χ2v) is 5.99. The molecule has 0 radical (unpaired) electrons. The molecule has 1 heterocycles. The van der Waals surface area contributed by atoms with Crippen LogP contribution in [-0.4, -0.2) is 27.1 Å². The number of aromatic nitrogens is 2. The molecule has 5 nitrogen and oxygen atoms in total. The average molecular weight is 311 g/mol. The first-order valence-electron chi connectivity index (χ1n) is 7.96. The molecule has 5 heteroatoms. The van der Waals surface area contributed by atoms with E-state index in [9.17, 15) is 4.79 Å². The predicted molar refractivity (Wildman–Crippen MR) is 91.5 cm³/mol. The van der Waals surface area contributed by atoms with Gasteiger partial charge < -0.3 is 15.8 Å². The van der Waals surface area contributed by atoms with E-state index >= 15 is 0 Å². The van der Waals surface area contributed by atoms with Crippen molar-refractivity contribution in [2.75, 3.05) is 0 Å². The quantitative estimate of drug-likeness (QED) is 0.652. The summed E-state index contributed by atoms with van der Waals surface area (Å²) in [5.41, 5.74) is 8.67. The molecule has 0 saturated carbocycles. The van der Waals surface area contributed by atoms with Crippen molar-refractivity contribution in [2.45, 2.75) is 38.6 Å². The van der Waals surface area contributed by atoms with E-state index in [4.69, 9.17) is 10.8 Å². The van der Waals surface area contributed by atoms with Crippen LogP contribution < -0.4 is 5.73 Å². The molecule has 1 aromatic heterocycles. The lowest BCUT2D eigenvalue weighted by molar-refractivity contribution is -0.138. The molecule has 0 aliphatic carbocycles. The van der Waals surface area contributed by atoms with Crippen LogP contribution >= 0.6 is 0 Å². The Morgan fingerprint density at radius 1 is 1.30 bits per heavy atom. The van der Waals surface area contributed by atoms with Gasteiger partial charge in [0.1, 0.15) is 11.9 Å². The number of carboxylic acids is 1. The van der Waals surface area contributed by atoms with Crippen molar-refractivity contribution < 1.29 is 9.90 Å². The van der Waals surface area contributed by atoms with Gasteiger partial charge in [-0.2, -0.15) is 0 Å². The van der Waals surface area contributed by atoms with Crippen LogP contribution in [0.15, 0.2) is 30.3 Å². The summed E-state index contributed by atoms with van der Waals surface area (Å²) in [4.78, 5) is 18.5. The van der Waals surface area contributed by atoms with Crippen molar-refractivity contribution in [3.8, 4) is 0 Å². The number of aliphatic carboxylic acids is 1. The van der Waals surface area contributed by atoms with E-state index in [0.29, 0.717) is 5.82 Å². The van der Waals surface area contributed by atoms with Crippen LogP contribution in [0.25, 0.3) is 21.8 Å². The van der Waals surface area contributed by atoms with Crippen LogP contribution in [0.2, 0.25) is 0 Å². The van der Waals surface area contributed by atoms with E-state index in [1.165, 1.54) is 23.8 Å². The number of nitrogens with one attached hydrogen (secondary N) is 1. The van der Waals surface area contributed by atoms with E-state index in [1.807, 2.05) is 6.07 Å². The number of hydrogen-bond donors (Lipinski definition) is 3. The number of carboxylic acid groups (broad SMARTS) is 1. The Kier molecular flexibility index (Phi) is 4.30. The molecule has 0 saturated heterocycles.